The number of nitrogens with zero attached hydrogens (tertiary/aromatic N) is 4. The summed E-state index contributed by atoms with van der Waals surface area (Å²) in [6.45, 7) is 0. The van der Waals surface area contributed by atoms with Gasteiger partial charge in [0.15, 0.2) is 16.8 Å². The lowest BCUT2D eigenvalue weighted by Gasteiger charge is -2.15. The Bertz CT molecular complexity index is 560. The zero-order valence-corrected chi connectivity index (χ0v) is 14.5. The Balaban J connectivity index is 2.46. The van der Waals surface area contributed by atoms with E-state index in [4.69, 9.17) is 69.6 Å². The van der Waals surface area contributed by atoms with Gasteiger partial charge in [-0.2, -0.15) is 9.97 Å². The summed E-state index contributed by atoms with van der Waals surface area (Å²) in [5.41, 5.74) is 0. The normalized spacial score (nSPS) is 12.5. The fourth-order valence-corrected chi connectivity index (χ4v) is 2.10. The summed E-state index contributed by atoms with van der Waals surface area (Å²) < 4.78 is -3.76. The summed E-state index contributed by atoms with van der Waals surface area (Å²) in [6, 6.07) is 0. The van der Waals surface area contributed by atoms with Gasteiger partial charge in [0, 0.05) is 11.6 Å². The van der Waals surface area contributed by atoms with Gasteiger partial charge in [0.1, 0.15) is 0 Å². The highest BCUT2D eigenvalue weighted by molar-refractivity contribution is 7.13. The first kappa shape index (κ1) is 16.5. The highest BCUT2D eigenvalue weighted by atomic mass is 35.6. The molecule has 0 fully saturated rings. The Morgan fingerprint density at radius 1 is 0.900 bits per heavy atom. The minimum atomic E-state index is -1.88. The molecule has 0 aliphatic heterocycles. The SMILES string of the molecule is ClC(Cl)(Cl)c1nc(Nc2nccs2)nc(C(Cl)(Cl)Cl)n1. The molecule has 5 nitrogen and oxygen atoms in total. The molecule has 108 valence electrons. The molecule has 0 aliphatic carbocycles. The maximum Gasteiger partial charge on any atom is 0.250 e. The summed E-state index contributed by atoms with van der Waals surface area (Å²) in [4.78, 5) is 15.7. The van der Waals surface area contributed by atoms with E-state index in [1.807, 2.05) is 0 Å². The highest BCUT2D eigenvalue weighted by Crippen LogP contribution is 2.40. The molecule has 0 radical (unpaired) electrons. The molecule has 2 aromatic rings. The van der Waals surface area contributed by atoms with E-state index >= 15 is 0 Å². The van der Waals surface area contributed by atoms with Gasteiger partial charge in [0.25, 0.3) is 0 Å². The molecule has 0 amide bonds. The van der Waals surface area contributed by atoms with Crippen molar-refractivity contribution in [1.29, 1.82) is 0 Å². The van der Waals surface area contributed by atoms with Crippen molar-refractivity contribution >= 4 is 92.0 Å². The lowest BCUT2D eigenvalue weighted by molar-refractivity contribution is 0.851. The third kappa shape index (κ3) is 4.34. The molecule has 1 N–H and O–H groups in total. The molecular formula is C8H3Cl6N5S. The lowest BCUT2D eigenvalue weighted by Crippen LogP contribution is -2.17. The number of anilines is 2. The molecule has 0 aliphatic rings. The van der Waals surface area contributed by atoms with Crippen molar-refractivity contribution in [3.63, 3.8) is 0 Å². The monoisotopic (exact) mass is 411 g/mol. The van der Waals surface area contributed by atoms with E-state index in [2.05, 4.69) is 25.3 Å². The van der Waals surface area contributed by atoms with Crippen LogP contribution in [0, 0.1) is 0 Å². The Labute approximate surface area is 147 Å². The summed E-state index contributed by atoms with van der Waals surface area (Å²) in [5.74, 6) is -0.284. The standard InChI is InChI=1S/C8H3Cl6N5S/c9-7(10,11)3-16-4(8(12,13)14)18-5(17-3)19-6-15-1-2-20-6/h1-2H,(H,15,16,17,18,19). The van der Waals surface area contributed by atoms with E-state index in [9.17, 15) is 0 Å². The van der Waals surface area contributed by atoms with Crippen LogP contribution in [-0.2, 0) is 7.59 Å². The van der Waals surface area contributed by atoms with E-state index in [1.165, 1.54) is 11.3 Å². The van der Waals surface area contributed by atoms with Gasteiger partial charge in [0.05, 0.1) is 0 Å². The molecule has 0 bridgehead atoms. The second-order valence-electron chi connectivity index (χ2n) is 3.26. The van der Waals surface area contributed by atoms with Crippen LogP contribution in [0.4, 0.5) is 11.1 Å². The number of rotatable bonds is 2. The van der Waals surface area contributed by atoms with Crippen molar-refractivity contribution < 1.29 is 0 Å². The highest BCUT2D eigenvalue weighted by Gasteiger charge is 2.33. The first-order valence-electron chi connectivity index (χ1n) is 4.73. The fraction of sp³-hybridized carbons (Fsp3) is 0.250. The van der Waals surface area contributed by atoms with Gasteiger partial charge < -0.3 is 0 Å². The van der Waals surface area contributed by atoms with Crippen molar-refractivity contribution in [3.05, 3.63) is 23.2 Å². The van der Waals surface area contributed by atoms with Gasteiger partial charge in [-0.15, -0.1) is 11.3 Å². The van der Waals surface area contributed by atoms with Crippen LogP contribution in [-0.4, -0.2) is 19.9 Å². The van der Waals surface area contributed by atoms with Crippen LogP contribution in [0.3, 0.4) is 0 Å². The summed E-state index contributed by atoms with van der Waals surface area (Å²) in [7, 11) is 0. The Morgan fingerprint density at radius 2 is 1.45 bits per heavy atom. The van der Waals surface area contributed by atoms with Crippen molar-refractivity contribution in [3.8, 4) is 0 Å². The number of hydrogen-bond acceptors (Lipinski definition) is 6. The van der Waals surface area contributed by atoms with Gasteiger partial charge in [0.2, 0.25) is 13.5 Å². The van der Waals surface area contributed by atoms with Crippen molar-refractivity contribution in [2.24, 2.45) is 0 Å². The number of halogens is 6. The van der Waals surface area contributed by atoms with Crippen molar-refractivity contribution in [2.45, 2.75) is 7.59 Å². The third-order valence-corrected chi connectivity index (χ3v) is 3.50. The minimum Gasteiger partial charge on any atom is -0.300 e. The van der Waals surface area contributed by atoms with E-state index in [-0.39, 0.29) is 17.6 Å². The smallest absolute Gasteiger partial charge is 0.250 e. The van der Waals surface area contributed by atoms with Crippen molar-refractivity contribution in [1.82, 2.24) is 19.9 Å². The molecule has 0 saturated heterocycles. The van der Waals surface area contributed by atoms with Crippen LogP contribution < -0.4 is 5.32 Å². The Kier molecular flexibility index (Phi) is 5.07. The second kappa shape index (κ2) is 6.12. The van der Waals surface area contributed by atoms with Crippen LogP contribution in [0.1, 0.15) is 11.6 Å². The van der Waals surface area contributed by atoms with Gasteiger partial charge in [-0.1, -0.05) is 69.6 Å². The van der Waals surface area contributed by atoms with Gasteiger partial charge >= 0.3 is 0 Å². The number of hydrogen-bond donors (Lipinski definition) is 1. The molecule has 0 spiro atoms. The predicted molar refractivity (Wildman–Crippen MR) is 83.7 cm³/mol. The molecule has 20 heavy (non-hydrogen) atoms. The lowest BCUT2D eigenvalue weighted by atomic mass is 10.6. The van der Waals surface area contributed by atoms with Gasteiger partial charge in [-0.3, -0.25) is 5.32 Å². The molecule has 0 aromatic carbocycles. The first-order chi connectivity index (χ1) is 9.16. The van der Waals surface area contributed by atoms with E-state index < -0.39 is 7.59 Å². The number of nitrogens with one attached hydrogen (secondary N) is 1. The predicted octanol–water partition coefficient (Wildman–Crippen LogP) is 4.73. The average molecular weight is 414 g/mol. The number of alkyl halides is 6. The minimum absolute atomic E-state index is 0.0533. The molecule has 12 heteroatoms. The van der Waals surface area contributed by atoms with Crippen LogP contribution in [0.2, 0.25) is 0 Å². The Morgan fingerprint density at radius 3 is 1.85 bits per heavy atom. The number of thiazole rings is 1. The zero-order chi connectivity index (χ0) is 15.0. The maximum absolute atomic E-state index is 5.74. The molecule has 2 aromatic heterocycles. The summed E-state index contributed by atoms with van der Waals surface area (Å²) in [5, 5.41) is 5.09. The maximum atomic E-state index is 5.74. The van der Waals surface area contributed by atoms with Crippen LogP contribution in [0.5, 0.6) is 0 Å². The molecule has 0 atom stereocenters. The van der Waals surface area contributed by atoms with Crippen molar-refractivity contribution in [2.75, 3.05) is 5.32 Å². The third-order valence-electron chi connectivity index (χ3n) is 1.79. The number of aromatic nitrogens is 4. The zero-order valence-electron chi connectivity index (χ0n) is 9.12. The quantitative estimate of drug-likeness (QED) is 0.721. The molecule has 2 rings (SSSR count). The van der Waals surface area contributed by atoms with Crippen LogP contribution in [0.15, 0.2) is 11.6 Å². The fourth-order valence-electron chi connectivity index (χ4n) is 1.07. The Hall–Kier alpha value is 0.180. The van der Waals surface area contributed by atoms with Crippen LogP contribution >= 0.6 is 80.9 Å². The largest absolute Gasteiger partial charge is 0.300 e. The van der Waals surface area contributed by atoms with E-state index in [0.29, 0.717) is 5.13 Å². The molecular weight excluding hydrogens is 411 g/mol. The van der Waals surface area contributed by atoms with E-state index in [1.54, 1.807) is 11.6 Å². The first-order valence-corrected chi connectivity index (χ1v) is 7.88. The van der Waals surface area contributed by atoms with Crippen LogP contribution in [0.25, 0.3) is 0 Å². The van der Waals surface area contributed by atoms with Gasteiger partial charge in [-0.05, 0) is 0 Å². The molecule has 0 unspecified atom stereocenters. The topological polar surface area (TPSA) is 63.6 Å². The second-order valence-corrected chi connectivity index (χ2v) is 8.72. The molecule has 2 heterocycles. The van der Waals surface area contributed by atoms with Gasteiger partial charge in [-0.25, -0.2) is 9.97 Å². The van der Waals surface area contributed by atoms with E-state index in [0.717, 1.165) is 0 Å². The molecule has 0 saturated carbocycles. The summed E-state index contributed by atoms with van der Waals surface area (Å²) >= 11 is 35.8. The average Bonchev–Trinajstić information content (AvgIpc) is 2.79. The summed E-state index contributed by atoms with van der Waals surface area (Å²) in [6.07, 6.45) is 1.60.